The van der Waals surface area contributed by atoms with E-state index in [1.807, 2.05) is 0 Å². The van der Waals surface area contributed by atoms with Crippen LogP contribution in [0.4, 0.5) is 5.69 Å². The molecule has 122 valence electrons. The highest BCUT2D eigenvalue weighted by molar-refractivity contribution is 7.89. The molecule has 1 aromatic heterocycles. The van der Waals surface area contributed by atoms with E-state index in [9.17, 15) is 13.2 Å². The number of pyridine rings is 1. The van der Waals surface area contributed by atoms with Gasteiger partial charge in [0.2, 0.25) is 15.9 Å². The van der Waals surface area contributed by atoms with E-state index in [1.165, 1.54) is 23.4 Å². The molecule has 0 fully saturated rings. The number of hydrogen-bond donors (Lipinski definition) is 1. The Morgan fingerprint density at radius 1 is 1.13 bits per heavy atom. The van der Waals surface area contributed by atoms with Crippen LogP contribution >= 0.6 is 0 Å². The van der Waals surface area contributed by atoms with Crippen LogP contribution in [0, 0.1) is 0 Å². The monoisotopic (exact) mass is 333 g/mol. The van der Waals surface area contributed by atoms with Gasteiger partial charge >= 0.3 is 0 Å². The Balaban J connectivity index is 2.22. The van der Waals surface area contributed by atoms with Crippen LogP contribution in [0.3, 0.4) is 0 Å². The van der Waals surface area contributed by atoms with Crippen LogP contribution in [0.1, 0.15) is 19.4 Å². The average Bonchev–Trinajstić information content (AvgIpc) is 2.53. The lowest BCUT2D eigenvalue weighted by Crippen LogP contribution is -2.30. The van der Waals surface area contributed by atoms with E-state index in [-0.39, 0.29) is 17.3 Å². The van der Waals surface area contributed by atoms with E-state index >= 15 is 0 Å². The second-order valence-electron chi connectivity index (χ2n) is 4.99. The van der Waals surface area contributed by atoms with Crippen molar-refractivity contribution in [3.8, 4) is 0 Å². The van der Waals surface area contributed by atoms with Crippen LogP contribution in [0.2, 0.25) is 0 Å². The first kappa shape index (κ1) is 17.1. The summed E-state index contributed by atoms with van der Waals surface area (Å²) in [6.07, 6.45) is 3.27. The minimum absolute atomic E-state index is 0.197. The smallest absolute Gasteiger partial charge is 0.243 e. The molecular formula is C16H19N3O3S. The molecule has 1 heterocycles. The van der Waals surface area contributed by atoms with E-state index in [0.717, 1.165) is 5.56 Å². The zero-order chi connectivity index (χ0) is 16.9. The number of aromatic nitrogens is 1. The fraction of sp³-hybridized carbons (Fsp3) is 0.250. The Bertz CT molecular complexity index is 759. The van der Waals surface area contributed by atoms with Crippen LogP contribution < -0.4 is 5.32 Å². The molecule has 7 heteroatoms. The topological polar surface area (TPSA) is 79.4 Å². The van der Waals surface area contributed by atoms with Gasteiger partial charge < -0.3 is 5.32 Å². The maximum absolute atomic E-state index is 12.7. The fourth-order valence-electron chi connectivity index (χ4n) is 2.12. The van der Waals surface area contributed by atoms with Gasteiger partial charge in [-0.3, -0.25) is 9.78 Å². The molecule has 2 aromatic rings. The van der Waals surface area contributed by atoms with E-state index in [0.29, 0.717) is 12.2 Å². The molecule has 0 radical (unpaired) electrons. The zero-order valence-corrected chi connectivity index (χ0v) is 13.9. The van der Waals surface area contributed by atoms with Crippen LogP contribution in [0.5, 0.6) is 0 Å². The van der Waals surface area contributed by atoms with Gasteiger partial charge in [0.1, 0.15) is 0 Å². The maximum Gasteiger partial charge on any atom is 0.243 e. The Morgan fingerprint density at radius 3 is 2.26 bits per heavy atom. The van der Waals surface area contributed by atoms with Crippen molar-refractivity contribution in [2.45, 2.75) is 25.3 Å². The lowest BCUT2D eigenvalue weighted by molar-refractivity contribution is -0.114. The number of carbonyl (C=O) groups excluding carboxylic acids is 1. The van der Waals surface area contributed by atoms with Crippen molar-refractivity contribution < 1.29 is 13.2 Å². The number of nitrogens with one attached hydrogen (secondary N) is 1. The van der Waals surface area contributed by atoms with Crippen LogP contribution in [-0.4, -0.2) is 30.2 Å². The third-order valence-corrected chi connectivity index (χ3v) is 5.21. The molecule has 0 unspecified atom stereocenters. The van der Waals surface area contributed by atoms with Crippen LogP contribution in [0.25, 0.3) is 0 Å². The Hall–Kier alpha value is -2.25. The summed E-state index contributed by atoms with van der Waals surface area (Å²) in [5.74, 6) is -0.200. The molecule has 0 aliphatic carbocycles. The third kappa shape index (κ3) is 4.37. The Kier molecular flexibility index (Phi) is 5.46. The summed E-state index contributed by atoms with van der Waals surface area (Å²) in [4.78, 5) is 15.1. The molecule has 0 atom stereocenters. The number of carbonyl (C=O) groups is 1. The molecule has 6 nitrogen and oxygen atoms in total. The summed E-state index contributed by atoms with van der Waals surface area (Å²) in [6, 6.07) is 9.73. The van der Waals surface area contributed by atoms with Gasteiger partial charge in [-0.15, -0.1) is 0 Å². The van der Waals surface area contributed by atoms with E-state index < -0.39 is 10.0 Å². The first-order chi connectivity index (χ1) is 10.9. The summed E-state index contributed by atoms with van der Waals surface area (Å²) >= 11 is 0. The molecule has 0 aliphatic heterocycles. The summed E-state index contributed by atoms with van der Waals surface area (Å²) < 4.78 is 26.8. The Morgan fingerprint density at radius 2 is 1.74 bits per heavy atom. The number of benzene rings is 1. The number of sulfonamides is 1. The third-order valence-electron chi connectivity index (χ3n) is 3.27. The molecule has 0 spiro atoms. The number of rotatable bonds is 6. The lowest BCUT2D eigenvalue weighted by Gasteiger charge is -2.20. The molecule has 0 saturated carbocycles. The molecular weight excluding hydrogens is 314 g/mol. The fourth-order valence-corrected chi connectivity index (χ4v) is 3.56. The van der Waals surface area contributed by atoms with E-state index in [4.69, 9.17) is 0 Å². The highest BCUT2D eigenvalue weighted by atomic mass is 32.2. The summed E-state index contributed by atoms with van der Waals surface area (Å²) in [5.41, 5.74) is 1.44. The quantitative estimate of drug-likeness (QED) is 0.879. The van der Waals surface area contributed by atoms with Gasteiger partial charge in [-0.1, -0.05) is 6.92 Å². The van der Waals surface area contributed by atoms with E-state index in [1.54, 1.807) is 43.6 Å². The molecule has 0 saturated heterocycles. The normalized spacial score (nSPS) is 11.4. The lowest BCUT2D eigenvalue weighted by atomic mass is 10.3. The minimum Gasteiger partial charge on any atom is -0.326 e. The standard InChI is InChI=1S/C16H19N3O3S/c1-3-19(12-14-8-10-17-11-9-14)23(21,22)16-6-4-15(5-7-16)18-13(2)20/h4-11H,3,12H2,1-2H3,(H,18,20). The number of anilines is 1. The van der Waals surface area contributed by atoms with Crippen molar-refractivity contribution in [3.05, 3.63) is 54.4 Å². The summed E-state index contributed by atoms with van der Waals surface area (Å²) in [7, 11) is -3.59. The van der Waals surface area contributed by atoms with Crippen molar-refractivity contribution in [1.82, 2.24) is 9.29 Å². The maximum atomic E-state index is 12.7. The second-order valence-corrected chi connectivity index (χ2v) is 6.93. The minimum atomic E-state index is -3.59. The van der Waals surface area contributed by atoms with E-state index in [2.05, 4.69) is 10.3 Å². The average molecular weight is 333 g/mol. The SMILES string of the molecule is CCN(Cc1ccncc1)S(=O)(=O)c1ccc(NC(C)=O)cc1. The van der Waals surface area contributed by atoms with Gasteiger partial charge in [0.15, 0.2) is 0 Å². The van der Waals surface area contributed by atoms with Gasteiger partial charge in [-0.25, -0.2) is 8.42 Å². The van der Waals surface area contributed by atoms with Gasteiger partial charge in [0, 0.05) is 38.1 Å². The van der Waals surface area contributed by atoms with Crippen molar-refractivity contribution >= 4 is 21.6 Å². The largest absolute Gasteiger partial charge is 0.326 e. The predicted molar refractivity (Wildman–Crippen MR) is 88.3 cm³/mol. The number of hydrogen-bond acceptors (Lipinski definition) is 4. The van der Waals surface area contributed by atoms with Gasteiger partial charge in [0.25, 0.3) is 0 Å². The highest BCUT2D eigenvalue weighted by Crippen LogP contribution is 2.20. The molecule has 1 amide bonds. The van der Waals surface area contributed by atoms with Crippen molar-refractivity contribution in [2.75, 3.05) is 11.9 Å². The summed E-state index contributed by atoms with van der Waals surface area (Å²) in [6.45, 7) is 3.84. The van der Waals surface area contributed by atoms with Gasteiger partial charge in [-0.05, 0) is 42.0 Å². The van der Waals surface area contributed by atoms with Crippen LogP contribution in [0.15, 0.2) is 53.7 Å². The number of amides is 1. The zero-order valence-electron chi connectivity index (χ0n) is 13.1. The second kappa shape index (κ2) is 7.34. The van der Waals surface area contributed by atoms with Crippen molar-refractivity contribution in [2.24, 2.45) is 0 Å². The molecule has 23 heavy (non-hydrogen) atoms. The predicted octanol–water partition coefficient (Wildman–Crippen LogP) is 2.25. The molecule has 1 N–H and O–H groups in total. The van der Waals surface area contributed by atoms with Crippen molar-refractivity contribution in [3.63, 3.8) is 0 Å². The molecule has 2 rings (SSSR count). The molecule has 1 aromatic carbocycles. The van der Waals surface area contributed by atoms with Crippen molar-refractivity contribution in [1.29, 1.82) is 0 Å². The molecule has 0 bridgehead atoms. The Labute approximate surface area is 136 Å². The summed E-state index contributed by atoms with van der Waals surface area (Å²) in [5, 5.41) is 2.61. The van der Waals surface area contributed by atoms with Crippen LogP contribution in [-0.2, 0) is 21.4 Å². The van der Waals surface area contributed by atoms with Gasteiger partial charge in [-0.2, -0.15) is 4.31 Å². The first-order valence-electron chi connectivity index (χ1n) is 7.20. The molecule has 0 aliphatic rings. The first-order valence-corrected chi connectivity index (χ1v) is 8.64. The number of nitrogens with zero attached hydrogens (tertiary/aromatic N) is 2. The highest BCUT2D eigenvalue weighted by Gasteiger charge is 2.23. The van der Waals surface area contributed by atoms with Gasteiger partial charge in [0.05, 0.1) is 4.90 Å².